The number of fused-ring (bicyclic) bond motifs is 1. The maximum absolute atomic E-state index is 13.8. The largest absolute Gasteiger partial charge is 0.368 e. The molecule has 0 bridgehead atoms. The first-order valence-corrected chi connectivity index (χ1v) is 13.6. The van der Waals surface area contributed by atoms with Crippen molar-refractivity contribution in [1.29, 1.82) is 0 Å². The molecule has 2 aliphatic heterocycles. The van der Waals surface area contributed by atoms with Crippen LogP contribution in [0.2, 0.25) is 10.0 Å². The van der Waals surface area contributed by atoms with E-state index in [1.54, 1.807) is 39.9 Å². The molecule has 5 rings (SSSR count). The molecule has 1 saturated heterocycles. The van der Waals surface area contributed by atoms with Gasteiger partial charge in [0.1, 0.15) is 17.7 Å². The Morgan fingerprint density at radius 2 is 1.55 bits per heavy atom. The van der Waals surface area contributed by atoms with Gasteiger partial charge >= 0.3 is 0 Å². The second-order valence-electron chi connectivity index (χ2n) is 8.37. The molecule has 2 N–H and O–H groups in total. The van der Waals surface area contributed by atoms with Crippen molar-refractivity contribution >= 4 is 40.6 Å². The molecule has 0 saturated carbocycles. The van der Waals surface area contributed by atoms with Crippen LogP contribution in [0, 0.1) is 5.82 Å². The smallest absolute Gasteiger partial charge is 0.266 e. The monoisotopic (exact) mass is 561 g/mol. The molecule has 3 heterocycles. The second kappa shape index (κ2) is 13.0. The van der Waals surface area contributed by atoms with Crippen LogP contribution in [0.5, 0.6) is 0 Å². The van der Waals surface area contributed by atoms with Gasteiger partial charge in [-0.2, -0.15) is 0 Å². The summed E-state index contributed by atoms with van der Waals surface area (Å²) in [5.74, 6) is 0.164. The van der Waals surface area contributed by atoms with Crippen molar-refractivity contribution in [2.75, 3.05) is 36.4 Å². The summed E-state index contributed by atoms with van der Waals surface area (Å²) in [5, 5.41) is 6.75. The highest BCUT2D eigenvalue weighted by molar-refractivity contribution is 6.42. The summed E-state index contributed by atoms with van der Waals surface area (Å²) in [6, 6.07) is 12.4. The lowest BCUT2D eigenvalue weighted by Gasteiger charge is -2.38. The van der Waals surface area contributed by atoms with Crippen molar-refractivity contribution in [3.05, 3.63) is 91.6 Å². The molecule has 7 nitrogen and oxygen atoms in total. The fourth-order valence-electron chi connectivity index (χ4n) is 4.56. The number of aromatic nitrogens is 2. The molecular weight excluding hydrogens is 528 g/mol. The minimum Gasteiger partial charge on any atom is -0.368 e. The van der Waals surface area contributed by atoms with Gasteiger partial charge in [0, 0.05) is 43.6 Å². The van der Waals surface area contributed by atoms with E-state index < -0.39 is 6.04 Å². The summed E-state index contributed by atoms with van der Waals surface area (Å²) in [6.45, 7) is 12.1. The number of rotatable bonds is 3. The van der Waals surface area contributed by atoms with Crippen molar-refractivity contribution in [2.24, 2.45) is 0 Å². The van der Waals surface area contributed by atoms with E-state index in [0.29, 0.717) is 53.3 Å². The predicted octanol–water partition coefficient (Wildman–Crippen LogP) is 6.31. The maximum atomic E-state index is 13.8. The van der Waals surface area contributed by atoms with Crippen LogP contribution in [0.25, 0.3) is 0 Å². The van der Waals surface area contributed by atoms with E-state index in [1.165, 1.54) is 18.2 Å². The summed E-state index contributed by atoms with van der Waals surface area (Å²) in [4.78, 5) is 29.9. The number of H-pyrrole nitrogens is 1. The molecule has 2 aliphatic rings. The van der Waals surface area contributed by atoms with E-state index in [-0.39, 0.29) is 17.3 Å². The second-order valence-corrected chi connectivity index (χ2v) is 9.19. The van der Waals surface area contributed by atoms with Gasteiger partial charge in [-0.05, 0) is 48.9 Å². The van der Waals surface area contributed by atoms with Crippen molar-refractivity contribution < 1.29 is 9.18 Å². The Bertz CT molecular complexity index is 1340. The number of allylic oxidation sites excluding steroid dienone is 1. The predicted molar refractivity (Wildman–Crippen MR) is 154 cm³/mol. The lowest BCUT2D eigenvalue weighted by molar-refractivity contribution is -0.128. The Kier molecular flexibility index (Phi) is 10.1. The first-order valence-electron chi connectivity index (χ1n) is 12.9. The topological polar surface area (TPSA) is 73.4 Å². The van der Waals surface area contributed by atoms with Crippen LogP contribution in [-0.2, 0) is 4.79 Å². The fraction of sp³-hybridized carbons (Fsp3) is 0.357. The number of amides is 1. The highest BCUT2D eigenvalue weighted by Crippen LogP contribution is 2.38. The van der Waals surface area contributed by atoms with Gasteiger partial charge in [0.2, 0.25) is 0 Å². The summed E-state index contributed by atoms with van der Waals surface area (Å²) >= 11 is 12.4. The molecular formula is C28H34Cl2FN5O2. The van der Waals surface area contributed by atoms with Crippen LogP contribution in [-0.4, -0.2) is 46.8 Å². The molecule has 3 aromatic rings. The number of nitrogens with one attached hydrogen (secondary N) is 2. The molecule has 2 aromatic carbocycles. The molecule has 10 heteroatoms. The van der Waals surface area contributed by atoms with Crippen LogP contribution >= 0.6 is 23.2 Å². The molecule has 1 aromatic heterocycles. The first-order chi connectivity index (χ1) is 18.3. The van der Waals surface area contributed by atoms with Crippen LogP contribution in [0.1, 0.15) is 46.2 Å². The number of piperazine rings is 1. The van der Waals surface area contributed by atoms with Crippen molar-refractivity contribution in [2.45, 2.75) is 40.7 Å². The van der Waals surface area contributed by atoms with Gasteiger partial charge in [0.15, 0.2) is 0 Å². The van der Waals surface area contributed by atoms with Gasteiger partial charge in [-0.25, -0.2) is 4.39 Å². The van der Waals surface area contributed by atoms with Crippen LogP contribution < -0.4 is 15.8 Å². The molecule has 0 radical (unpaired) electrons. The van der Waals surface area contributed by atoms with Gasteiger partial charge in [-0.15, -0.1) is 0 Å². The summed E-state index contributed by atoms with van der Waals surface area (Å²) in [7, 11) is 0. The standard InChI is InChI=1S/C24H22Cl2FN5O2.2C2H6/c1-14-22(24(34)31-10-8-30(9-11-31)17-5-3-16(27)4-6-17)23(15-2-7-18(25)19(26)12-15)32-20(28-14)13-21(33)29-32;2*1-2/h2-7,12-13,23,28H,8-11H2,1H3,(H,29,33);2*1-2H3. The minimum atomic E-state index is -0.573. The zero-order chi connectivity index (χ0) is 28.0. The molecule has 1 fully saturated rings. The van der Waals surface area contributed by atoms with Gasteiger partial charge < -0.3 is 15.1 Å². The lowest BCUT2D eigenvalue weighted by Crippen LogP contribution is -2.50. The molecule has 204 valence electrons. The Morgan fingerprint density at radius 1 is 0.921 bits per heavy atom. The SMILES string of the molecule is CC.CC.CC1=C(C(=O)N2CCN(c3ccc(F)cc3)CC2)C(c2ccc(Cl)c(Cl)c2)n2[nH]c(=O)cc2N1. The van der Waals surface area contributed by atoms with Crippen molar-refractivity contribution in [3.63, 3.8) is 0 Å². The molecule has 0 spiro atoms. The van der Waals surface area contributed by atoms with Crippen LogP contribution in [0.3, 0.4) is 0 Å². The number of carbonyl (C=O) groups excluding carboxylic acids is 1. The van der Waals surface area contributed by atoms with E-state index in [2.05, 4.69) is 15.3 Å². The third-order valence-corrected chi connectivity index (χ3v) is 7.00. The normalized spacial score (nSPS) is 16.5. The highest BCUT2D eigenvalue weighted by Gasteiger charge is 2.36. The maximum Gasteiger partial charge on any atom is 0.266 e. The van der Waals surface area contributed by atoms with E-state index in [9.17, 15) is 14.0 Å². The average Bonchev–Trinajstić information content (AvgIpc) is 3.31. The summed E-state index contributed by atoms with van der Waals surface area (Å²) < 4.78 is 14.9. The Balaban J connectivity index is 0.000000956. The van der Waals surface area contributed by atoms with E-state index in [0.717, 1.165) is 11.3 Å². The number of hydrogen-bond donors (Lipinski definition) is 2. The zero-order valence-corrected chi connectivity index (χ0v) is 23.8. The number of halogens is 3. The average molecular weight is 563 g/mol. The van der Waals surface area contributed by atoms with Gasteiger partial charge in [-0.1, -0.05) is 57.0 Å². The fourth-order valence-corrected chi connectivity index (χ4v) is 4.87. The zero-order valence-electron chi connectivity index (χ0n) is 22.3. The Labute approximate surface area is 232 Å². The molecule has 0 aliphatic carbocycles. The minimum absolute atomic E-state index is 0.125. The highest BCUT2D eigenvalue weighted by atomic mass is 35.5. The van der Waals surface area contributed by atoms with E-state index >= 15 is 0 Å². The van der Waals surface area contributed by atoms with E-state index in [1.807, 2.05) is 34.6 Å². The van der Waals surface area contributed by atoms with Crippen molar-refractivity contribution in [1.82, 2.24) is 14.7 Å². The number of anilines is 2. The third kappa shape index (κ3) is 6.08. The van der Waals surface area contributed by atoms with Gasteiger partial charge in [0.05, 0.1) is 15.6 Å². The molecule has 1 amide bonds. The van der Waals surface area contributed by atoms with Crippen LogP contribution in [0.4, 0.5) is 15.9 Å². The molecule has 1 unspecified atom stereocenters. The number of carbonyl (C=O) groups is 1. The number of nitrogens with zero attached hydrogens (tertiary/aromatic N) is 3. The van der Waals surface area contributed by atoms with E-state index in [4.69, 9.17) is 23.2 Å². The summed E-state index contributed by atoms with van der Waals surface area (Å²) in [5.41, 5.74) is 2.57. The third-order valence-electron chi connectivity index (χ3n) is 6.26. The molecule has 38 heavy (non-hydrogen) atoms. The van der Waals surface area contributed by atoms with Gasteiger partial charge in [0.25, 0.3) is 11.5 Å². The van der Waals surface area contributed by atoms with Gasteiger partial charge in [-0.3, -0.25) is 19.4 Å². The quantitative estimate of drug-likeness (QED) is 0.392. The number of benzene rings is 2. The van der Waals surface area contributed by atoms with Crippen molar-refractivity contribution in [3.8, 4) is 0 Å². The first kappa shape index (κ1) is 29.3. The van der Waals surface area contributed by atoms with Crippen LogP contribution in [0.15, 0.2) is 64.6 Å². The Morgan fingerprint density at radius 3 is 2.16 bits per heavy atom. The number of hydrogen-bond acceptors (Lipinski definition) is 4. The molecule has 1 atom stereocenters. The number of aromatic amines is 1. The summed E-state index contributed by atoms with van der Waals surface area (Å²) in [6.07, 6.45) is 0. The lowest BCUT2D eigenvalue weighted by atomic mass is 9.94. The Hall–Kier alpha value is -3.23.